The number of rotatable bonds is 0. The van der Waals surface area contributed by atoms with Crippen molar-refractivity contribution in [1.82, 2.24) is 0 Å². The van der Waals surface area contributed by atoms with E-state index in [0.717, 1.165) is 11.4 Å². The second-order valence-electron chi connectivity index (χ2n) is 3.27. The molecule has 0 heterocycles. The maximum absolute atomic E-state index is 8.74. The molecule has 0 saturated carbocycles. The predicted octanol–water partition coefficient (Wildman–Crippen LogP) is 1.88. The SMILES string of the molecule is Nc1ccccc1.Nc1ccccc1.O=S(=O)(O)O. The van der Waals surface area contributed by atoms with Crippen molar-refractivity contribution in [3.8, 4) is 0 Å². The standard InChI is InChI=1S/2C6H7N.H2O4S/c2*7-6-4-2-1-3-5-6;1-5(2,3)4/h2*1-5H,7H2;(H2,1,2,3,4). The number of nitrogens with two attached hydrogens (primary N) is 2. The zero-order chi connectivity index (χ0) is 14.7. The third kappa shape index (κ3) is 15.9. The van der Waals surface area contributed by atoms with E-state index >= 15 is 0 Å². The van der Waals surface area contributed by atoms with Crippen LogP contribution in [0.3, 0.4) is 0 Å². The van der Waals surface area contributed by atoms with E-state index < -0.39 is 10.4 Å². The second kappa shape index (κ2) is 8.92. The van der Waals surface area contributed by atoms with Crippen LogP contribution in [0.25, 0.3) is 0 Å². The van der Waals surface area contributed by atoms with Gasteiger partial charge in [-0.3, -0.25) is 9.11 Å². The van der Waals surface area contributed by atoms with Crippen molar-refractivity contribution in [1.29, 1.82) is 0 Å². The van der Waals surface area contributed by atoms with Gasteiger partial charge in [0.05, 0.1) is 0 Å². The monoisotopic (exact) mass is 284 g/mol. The summed E-state index contributed by atoms with van der Waals surface area (Å²) in [6.07, 6.45) is 0. The first-order valence-corrected chi connectivity index (χ1v) is 6.49. The molecule has 0 spiro atoms. The fraction of sp³-hybridized carbons (Fsp3) is 0. The van der Waals surface area contributed by atoms with Crippen LogP contribution in [0.2, 0.25) is 0 Å². The van der Waals surface area contributed by atoms with E-state index in [1.165, 1.54) is 0 Å². The fourth-order valence-electron chi connectivity index (χ4n) is 0.906. The van der Waals surface area contributed by atoms with Gasteiger partial charge in [-0.05, 0) is 24.3 Å². The zero-order valence-electron chi connectivity index (χ0n) is 10.0. The summed E-state index contributed by atoms with van der Waals surface area (Å²) < 4.78 is 31.6. The Kier molecular flexibility index (Phi) is 7.94. The molecule has 0 saturated heterocycles. The normalized spacial score (nSPS) is 9.37. The Labute approximate surface area is 112 Å². The highest BCUT2D eigenvalue weighted by molar-refractivity contribution is 7.79. The highest BCUT2D eigenvalue weighted by atomic mass is 32.3. The summed E-state index contributed by atoms with van der Waals surface area (Å²) >= 11 is 0. The molecule has 0 atom stereocenters. The van der Waals surface area contributed by atoms with Crippen LogP contribution in [0, 0.1) is 0 Å². The molecule has 2 aromatic rings. The first-order valence-electron chi connectivity index (χ1n) is 5.10. The second-order valence-corrected chi connectivity index (χ2v) is 4.16. The summed E-state index contributed by atoms with van der Waals surface area (Å²) in [6, 6.07) is 19.0. The van der Waals surface area contributed by atoms with Gasteiger partial charge in [-0.25, -0.2) is 0 Å². The van der Waals surface area contributed by atoms with Crippen molar-refractivity contribution in [3.05, 3.63) is 60.7 Å². The van der Waals surface area contributed by atoms with E-state index in [1.54, 1.807) is 0 Å². The van der Waals surface area contributed by atoms with Gasteiger partial charge in [-0.2, -0.15) is 8.42 Å². The molecule has 6 nitrogen and oxygen atoms in total. The molecule has 0 aromatic heterocycles. The Hall–Kier alpha value is -2.09. The lowest BCUT2D eigenvalue weighted by Crippen LogP contribution is -1.89. The summed E-state index contributed by atoms with van der Waals surface area (Å²) in [6.45, 7) is 0. The number of nitrogen functional groups attached to an aromatic ring is 2. The third-order valence-electron chi connectivity index (χ3n) is 1.60. The van der Waals surface area contributed by atoms with Gasteiger partial charge in [-0.15, -0.1) is 0 Å². The van der Waals surface area contributed by atoms with Crippen molar-refractivity contribution >= 4 is 21.8 Å². The first-order chi connectivity index (χ1) is 8.79. The van der Waals surface area contributed by atoms with Gasteiger partial charge in [0.2, 0.25) is 0 Å². The molecule has 0 aliphatic carbocycles. The molecule has 6 N–H and O–H groups in total. The first kappa shape index (κ1) is 16.9. The molecular formula is C12H16N2O4S. The average molecular weight is 284 g/mol. The number of hydrogen-bond donors (Lipinski definition) is 4. The molecule has 2 rings (SSSR count). The largest absolute Gasteiger partial charge is 0.399 e. The third-order valence-corrected chi connectivity index (χ3v) is 1.60. The van der Waals surface area contributed by atoms with Crippen LogP contribution in [0.4, 0.5) is 11.4 Å². The smallest absolute Gasteiger partial charge is 0.394 e. The lowest BCUT2D eigenvalue weighted by atomic mass is 10.3. The molecule has 19 heavy (non-hydrogen) atoms. The minimum absolute atomic E-state index is 0.822. The minimum Gasteiger partial charge on any atom is -0.399 e. The molecule has 7 heteroatoms. The van der Waals surface area contributed by atoms with Gasteiger partial charge >= 0.3 is 10.4 Å². The van der Waals surface area contributed by atoms with Gasteiger partial charge in [0.1, 0.15) is 0 Å². The highest BCUT2D eigenvalue weighted by Gasteiger charge is 1.84. The number of benzene rings is 2. The summed E-state index contributed by atoms with van der Waals surface area (Å²) in [5.41, 5.74) is 12.4. The number of anilines is 2. The van der Waals surface area contributed by atoms with Gasteiger partial charge in [0, 0.05) is 11.4 Å². The Balaban J connectivity index is 0.000000261. The predicted molar refractivity (Wildman–Crippen MR) is 75.9 cm³/mol. The Morgan fingerprint density at radius 2 is 0.895 bits per heavy atom. The van der Waals surface area contributed by atoms with E-state index in [4.69, 9.17) is 29.0 Å². The van der Waals surface area contributed by atoms with Crippen LogP contribution in [0.1, 0.15) is 0 Å². The molecule has 0 aliphatic heterocycles. The van der Waals surface area contributed by atoms with Crippen LogP contribution in [-0.2, 0) is 10.4 Å². The molecule has 0 fully saturated rings. The number of hydrogen-bond acceptors (Lipinski definition) is 4. The molecule has 2 aromatic carbocycles. The van der Waals surface area contributed by atoms with Crippen molar-refractivity contribution < 1.29 is 17.5 Å². The fourth-order valence-corrected chi connectivity index (χ4v) is 0.906. The Bertz CT molecular complexity index is 499. The van der Waals surface area contributed by atoms with Crippen LogP contribution < -0.4 is 11.5 Å². The van der Waals surface area contributed by atoms with Crippen LogP contribution in [0.5, 0.6) is 0 Å². The van der Waals surface area contributed by atoms with E-state index in [0.29, 0.717) is 0 Å². The van der Waals surface area contributed by atoms with E-state index in [2.05, 4.69) is 0 Å². The Morgan fingerprint density at radius 1 is 0.684 bits per heavy atom. The summed E-state index contributed by atoms with van der Waals surface area (Å²) in [5, 5.41) is 0. The topological polar surface area (TPSA) is 127 Å². The lowest BCUT2D eigenvalue weighted by Gasteiger charge is -1.83. The summed E-state index contributed by atoms with van der Waals surface area (Å²) in [5.74, 6) is 0. The maximum Gasteiger partial charge on any atom is 0.394 e. The number of para-hydroxylation sites is 2. The molecule has 0 unspecified atom stereocenters. The van der Waals surface area contributed by atoms with Crippen LogP contribution >= 0.6 is 0 Å². The quantitative estimate of drug-likeness (QED) is 0.432. The van der Waals surface area contributed by atoms with E-state index in [1.807, 2.05) is 60.7 Å². The molecule has 0 aliphatic rings. The van der Waals surface area contributed by atoms with Gasteiger partial charge in [0.15, 0.2) is 0 Å². The van der Waals surface area contributed by atoms with Gasteiger partial charge in [0.25, 0.3) is 0 Å². The highest BCUT2D eigenvalue weighted by Crippen LogP contribution is 1.96. The van der Waals surface area contributed by atoms with Crippen molar-refractivity contribution in [2.45, 2.75) is 0 Å². The van der Waals surface area contributed by atoms with Crippen molar-refractivity contribution in [2.75, 3.05) is 11.5 Å². The van der Waals surface area contributed by atoms with E-state index in [9.17, 15) is 0 Å². The van der Waals surface area contributed by atoms with Crippen LogP contribution in [-0.4, -0.2) is 17.5 Å². The van der Waals surface area contributed by atoms with Gasteiger partial charge in [-0.1, -0.05) is 36.4 Å². The molecular weight excluding hydrogens is 268 g/mol. The van der Waals surface area contributed by atoms with E-state index in [-0.39, 0.29) is 0 Å². The molecule has 104 valence electrons. The van der Waals surface area contributed by atoms with Gasteiger partial charge < -0.3 is 11.5 Å². The lowest BCUT2D eigenvalue weighted by molar-refractivity contribution is 0.381. The zero-order valence-corrected chi connectivity index (χ0v) is 10.9. The Morgan fingerprint density at radius 3 is 1.00 bits per heavy atom. The molecule has 0 radical (unpaired) electrons. The van der Waals surface area contributed by atoms with Crippen molar-refractivity contribution in [2.24, 2.45) is 0 Å². The maximum atomic E-state index is 8.74. The van der Waals surface area contributed by atoms with Crippen LogP contribution in [0.15, 0.2) is 60.7 Å². The molecule has 0 amide bonds. The summed E-state index contributed by atoms with van der Waals surface area (Å²) in [4.78, 5) is 0. The van der Waals surface area contributed by atoms with Crippen molar-refractivity contribution in [3.63, 3.8) is 0 Å². The molecule has 0 bridgehead atoms. The average Bonchev–Trinajstić information content (AvgIpc) is 2.29. The minimum atomic E-state index is -4.67. The summed E-state index contributed by atoms with van der Waals surface area (Å²) in [7, 11) is -4.67.